The molecule has 1 saturated carbocycles. The number of nitrogens with one attached hydrogen (secondary N) is 2. The van der Waals surface area contributed by atoms with Crippen molar-refractivity contribution in [3.05, 3.63) is 65.5 Å². The van der Waals surface area contributed by atoms with Gasteiger partial charge in [-0.3, -0.25) is 9.59 Å². The molecule has 1 aliphatic rings. The second-order valence-corrected chi connectivity index (χ2v) is 6.73. The summed E-state index contributed by atoms with van der Waals surface area (Å²) in [6.07, 6.45) is 3.66. The minimum Gasteiger partial charge on any atom is -0.355 e. The molecule has 2 aromatic carbocycles. The molecule has 0 aliphatic heterocycles. The van der Waals surface area contributed by atoms with Gasteiger partial charge in [-0.2, -0.15) is 0 Å². The molecule has 0 aromatic heterocycles. The lowest BCUT2D eigenvalue weighted by Crippen LogP contribution is -2.49. The average molecular weight is 354 g/mol. The first-order chi connectivity index (χ1) is 12.5. The molecule has 4 nitrogen and oxygen atoms in total. The standard InChI is InChI=1S/C21H23FN2O2/c1-2-14-23-20(26)21(12-3-13-21)16-6-10-18(11-7-16)24-19(25)15-4-8-17(22)9-5-15/h4-11H,2-3,12-14H2,1H3,(H,23,26)(H,24,25). The van der Waals surface area contributed by atoms with Crippen molar-refractivity contribution in [2.24, 2.45) is 0 Å². The van der Waals surface area contributed by atoms with Gasteiger partial charge < -0.3 is 10.6 Å². The lowest BCUT2D eigenvalue weighted by molar-refractivity contribution is -0.129. The Morgan fingerprint density at radius 2 is 1.69 bits per heavy atom. The molecule has 0 saturated heterocycles. The van der Waals surface area contributed by atoms with Crippen LogP contribution in [0.1, 0.15) is 48.5 Å². The van der Waals surface area contributed by atoms with Crippen LogP contribution < -0.4 is 10.6 Å². The lowest BCUT2D eigenvalue weighted by Gasteiger charge is -2.40. The van der Waals surface area contributed by atoms with Crippen LogP contribution in [0.5, 0.6) is 0 Å². The first kappa shape index (κ1) is 18.1. The van der Waals surface area contributed by atoms with Crippen LogP contribution in [-0.4, -0.2) is 18.4 Å². The van der Waals surface area contributed by atoms with E-state index < -0.39 is 5.41 Å². The van der Waals surface area contributed by atoms with Gasteiger partial charge >= 0.3 is 0 Å². The molecule has 26 heavy (non-hydrogen) atoms. The van der Waals surface area contributed by atoms with Crippen molar-refractivity contribution < 1.29 is 14.0 Å². The first-order valence-electron chi connectivity index (χ1n) is 9.01. The van der Waals surface area contributed by atoms with E-state index in [1.807, 2.05) is 31.2 Å². The van der Waals surface area contributed by atoms with E-state index in [0.29, 0.717) is 17.8 Å². The summed E-state index contributed by atoms with van der Waals surface area (Å²) in [4.78, 5) is 24.8. The molecule has 136 valence electrons. The Kier molecular flexibility index (Phi) is 5.35. The number of carbonyl (C=O) groups excluding carboxylic acids is 2. The predicted octanol–water partition coefficient (Wildman–Crippen LogP) is 4.03. The van der Waals surface area contributed by atoms with E-state index in [0.717, 1.165) is 31.2 Å². The number of carbonyl (C=O) groups is 2. The minimum atomic E-state index is -0.436. The molecule has 3 rings (SSSR count). The van der Waals surface area contributed by atoms with E-state index in [2.05, 4.69) is 10.6 Å². The minimum absolute atomic E-state index is 0.0914. The van der Waals surface area contributed by atoms with Crippen LogP contribution >= 0.6 is 0 Å². The Bertz CT molecular complexity index is 781. The molecule has 1 aliphatic carbocycles. The first-order valence-corrected chi connectivity index (χ1v) is 9.01. The molecule has 0 bridgehead atoms. The Morgan fingerprint density at radius 1 is 1.04 bits per heavy atom. The van der Waals surface area contributed by atoms with Gasteiger partial charge in [-0.05, 0) is 61.2 Å². The molecule has 2 N–H and O–H groups in total. The zero-order valence-electron chi connectivity index (χ0n) is 14.8. The fourth-order valence-corrected chi connectivity index (χ4v) is 3.26. The van der Waals surface area contributed by atoms with Gasteiger partial charge in [-0.25, -0.2) is 4.39 Å². The number of hydrogen-bond donors (Lipinski definition) is 2. The molecular formula is C21H23FN2O2. The highest BCUT2D eigenvalue weighted by Gasteiger charge is 2.45. The smallest absolute Gasteiger partial charge is 0.255 e. The summed E-state index contributed by atoms with van der Waals surface area (Å²) in [5.74, 6) is -0.580. The summed E-state index contributed by atoms with van der Waals surface area (Å²) in [6, 6.07) is 12.8. The van der Waals surface area contributed by atoms with Crippen molar-refractivity contribution in [2.75, 3.05) is 11.9 Å². The van der Waals surface area contributed by atoms with Gasteiger partial charge in [0.15, 0.2) is 0 Å². The number of benzene rings is 2. The molecule has 2 amide bonds. The molecule has 0 radical (unpaired) electrons. The molecule has 0 heterocycles. The maximum atomic E-state index is 13.0. The third kappa shape index (κ3) is 3.62. The van der Waals surface area contributed by atoms with Crippen LogP contribution in [0.25, 0.3) is 0 Å². The summed E-state index contributed by atoms with van der Waals surface area (Å²) in [6.45, 7) is 2.72. The SMILES string of the molecule is CCCNC(=O)C1(c2ccc(NC(=O)c3ccc(F)cc3)cc2)CCC1. The number of amides is 2. The van der Waals surface area contributed by atoms with E-state index >= 15 is 0 Å². The fraction of sp³-hybridized carbons (Fsp3) is 0.333. The monoisotopic (exact) mass is 354 g/mol. The highest BCUT2D eigenvalue weighted by atomic mass is 19.1. The summed E-state index contributed by atoms with van der Waals surface area (Å²) in [7, 11) is 0. The van der Waals surface area contributed by atoms with Gasteiger partial charge in [0, 0.05) is 17.8 Å². The number of rotatable bonds is 6. The second kappa shape index (κ2) is 7.68. The van der Waals surface area contributed by atoms with E-state index in [-0.39, 0.29) is 17.6 Å². The molecule has 0 atom stereocenters. The average Bonchev–Trinajstić information content (AvgIpc) is 2.61. The van der Waals surface area contributed by atoms with Crippen LogP contribution in [0, 0.1) is 5.82 Å². The molecular weight excluding hydrogens is 331 g/mol. The molecule has 5 heteroatoms. The van der Waals surface area contributed by atoms with Gasteiger partial charge in [-0.1, -0.05) is 25.5 Å². The highest BCUT2D eigenvalue weighted by molar-refractivity contribution is 6.04. The van der Waals surface area contributed by atoms with Gasteiger partial charge in [-0.15, -0.1) is 0 Å². The van der Waals surface area contributed by atoms with Crippen LogP contribution in [-0.2, 0) is 10.2 Å². The van der Waals surface area contributed by atoms with Gasteiger partial charge in [0.1, 0.15) is 5.82 Å². The summed E-state index contributed by atoms with van der Waals surface area (Å²) >= 11 is 0. The molecule has 1 fully saturated rings. The van der Waals surface area contributed by atoms with Gasteiger partial charge in [0.25, 0.3) is 5.91 Å². The van der Waals surface area contributed by atoms with E-state index in [1.165, 1.54) is 24.3 Å². The van der Waals surface area contributed by atoms with Gasteiger partial charge in [0.2, 0.25) is 5.91 Å². The number of anilines is 1. The van der Waals surface area contributed by atoms with Crippen molar-refractivity contribution >= 4 is 17.5 Å². The van der Waals surface area contributed by atoms with Crippen LogP contribution in [0.4, 0.5) is 10.1 Å². The Morgan fingerprint density at radius 3 is 2.23 bits per heavy atom. The van der Waals surface area contributed by atoms with E-state index in [1.54, 1.807) is 0 Å². The Labute approximate surface area is 152 Å². The van der Waals surface area contributed by atoms with E-state index in [9.17, 15) is 14.0 Å². The largest absolute Gasteiger partial charge is 0.355 e. The Balaban J connectivity index is 1.70. The van der Waals surface area contributed by atoms with Crippen LogP contribution in [0.2, 0.25) is 0 Å². The molecule has 2 aromatic rings. The lowest BCUT2D eigenvalue weighted by atomic mass is 9.64. The van der Waals surface area contributed by atoms with Crippen molar-refractivity contribution in [3.8, 4) is 0 Å². The van der Waals surface area contributed by atoms with E-state index in [4.69, 9.17) is 0 Å². The molecule has 0 unspecified atom stereocenters. The zero-order valence-corrected chi connectivity index (χ0v) is 14.8. The summed E-state index contributed by atoms with van der Waals surface area (Å²) in [5, 5.41) is 5.80. The quantitative estimate of drug-likeness (QED) is 0.823. The Hall–Kier alpha value is -2.69. The topological polar surface area (TPSA) is 58.2 Å². The van der Waals surface area contributed by atoms with Crippen LogP contribution in [0.15, 0.2) is 48.5 Å². The van der Waals surface area contributed by atoms with Crippen molar-refractivity contribution in [2.45, 2.75) is 38.0 Å². The highest BCUT2D eigenvalue weighted by Crippen LogP contribution is 2.44. The maximum Gasteiger partial charge on any atom is 0.255 e. The van der Waals surface area contributed by atoms with Crippen molar-refractivity contribution in [1.82, 2.24) is 5.32 Å². The third-order valence-corrected chi connectivity index (χ3v) is 4.98. The predicted molar refractivity (Wildman–Crippen MR) is 99.6 cm³/mol. The van der Waals surface area contributed by atoms with Gasteiger partial charge in [0.05, 0.1) is 5.41 Å². The summed E-state index contributed by atoms with van der Waals surface area (Å²) in [5.41, 5.74) is 1.59. The third-order valence-electron chi connectivity index (χ3n) is 4.98. The summed E-state index contributed by atoms with van der Waals surface area (Å²) < 4.78 is 13.0. The fourth-order valence-electron chi connectivity index (χ4n) is 3.26. The van der Waals surface area contributed by atoms with Crippen molar-refractivity contribution in [1.29, 1.82) is 0 Å². The molecule has 0 spiro atoms. The number of hydrogen-bond acceptors (Lipinski definition) is 2. The number of halogens is 1. The van der Waals surface area contributed by atoms with Crippen molar-refractivity contribution in [3.63, 3.8) is 0 Å². The maximum absolute atomic E-state index is 13.0. The normalized spacial score (nSPS) is 15.0. The van der Waals surface area contributed by atoms with Crippen LogP contribution in [0.3, 0.4) is 0 Å². The second-order valence-electron chi connectivity index (χ2n) is 6.73. The zero-order chi connectivity index (χ0) is 18.6.